The second kappa shape index (κ2) is 5.03. The molecule has 0 atom stereocenters. The van der Waals surface area contributed by atoms with Gasteiger partial charge in [0, 0.05) is 13.1 Å². The number of carboxylic acids is 1. The Morgan fingerprint density at radius 3 is 2.55 bits per heavy atom. The van der Waals surface area contributed by atoms with E-state index in [-0.39, 0.29) is 6.79 Å². The van der Waals surface area contributed by atoms with Crippen LogP contribution in [0, 0.1) is 0 Å². The first-order chi connectivity index (χ1) is 9.65. The molecule has 106 valence electrons. The van der Waals surface area contributed by atoms with E-state index in [4.69, 9.17) is 14.6 Å². The van der Waals surface area contributed by atoms with Crippen molar-refractivity contribution in [1.82, 2.24) is 4.90 Å². The maximum atomic E-state index is 11.4. The van der Waals surface area contributed by atoms with Gasteiger partial charge in [0.05, 0.1) is 0 Å². The molecule has 1 aromatic carbocycles. The first kappa shape index (κ1) is 12.8. The van der Waals surface area contributed by atoms with Crippen LogP contribution < -0.4 is 9.47 Å². The van der Waals surface area contributed by atoms with Crippen LogP contribution >= 0.6 is 0 Å². The summed E-state index contributed by atoms with van der Waals surface area (Å²) < 4.78 is 10.6. The van der Waals surface area contributed by atoms with Crippen LogP contribution in [-0.2, 0) is 9.59 Å². The maximum absolute atomic E-state index is 11.4. The van der Waals surface area contributed by atoms with E-state index in [1.165, 1.54) is 4.90 Å². The minimum Gasteiger partial charge on any atom is -0.474 e. The fraction of sp³-hybridized carbons (Fsp3) is 0.429. The number of hydrogen-bond acceptors (Lipinski definition) is 4. The van der Waals surface area contributed by atoms with Crippen LogP contribution in [0.5, 0.6) is 11.5 Å². The topological polar surface area (TPSA) is 76.1 Å². The van der Waals surface area contributed by atoms with Crippen molar-refractivity contribution >= 4 is 11.9 Å². The number of piperidine rings is 1. The summed E-state index contributed by atoms with van der Waals surface area (Å²) in [6, 6.07) is 5.88. The largest absolute Gasteiger partial charge is 0.474 e. The highest BCUT2D eigenvalue weighted by Crippen LogP contribution is 2.37. The average molecular weight is 277 g/mol. The number of fused-ring (bicyclic) bond motifs is 1. The van der Waals surface area contributed by atoms with Crippen molar-refractivity contribution in [2.75, 3.05) is 19.9 Å². The van der Waals surface area contributed by atoms with E-state index in [1.807, 2.05) is 18.2 Å². The van der Waals surface area contributed by atoms with E-state index in [0.29, 0.717) is 19.0 Å². The summed E-state index contributed by atoms with van der Waals surface area (Å²) in [4.78, 5) is 23.4. The third-order valence-corrected chi connectivity index (χ3v) is 3.83. The van der Waals surface area contributed by atoms with Gasteiger partial charge in [0.25, 0.3) is 0 Å². The number of amides is 1. The highest BCUT2D eigenvalue weighted by Gasteiger charge is 2.28. The summed E-state index contributed by atoms with van der Waals surface area (Å²) in [6.07, 6.45) is 1.53. The molecule has 2 aliphatic heterocycles. The number of benzene rings is 1. The molecule has 1 saturated heterocycles. The van der Waals surface area contributed by atoms with Gasteiger partial charge in [-0.3, -0.25) is 4.79 Å². The number of likely N-dealkylation sites (tertiary alicyclic amines) is 1. The average Bonchev–Trinajstić information content (AvgIpc) is 2.94. The molecule has 6 nitrogen and oxygen atoms in total. The predicted molar refractivity (Wildman–Crippen MR) is 68.8 cm³/mol. The van der Waals surface area contributed by atoms with Crippen molar-refractivity contribution in [3.8, 4) is 11.5 Å². The molecular formula is C14H15NO5. The summed E-state index contributed by atoms with van der Waals surface area (Å²) in [5, 5.41) is 8.70. The zero-order valence-corrected chi connectivity index (χ0v) is 10.9. The minimum absolute atomic E-state index is 0.254. The highest BCUT2D eigenvalue weighted by atomic mass is 16.7. The van der Waals surface area contributed by atoms with Gasteiger partial charge in [-0.05, 0) is 36.5 Å². The summed E-state index contributed by atoms with van der Waals surface area (Å²) in [5.74, 6) is -0.359. The number of aliphatic carboxylic acids is 1. The van der Waals surface area contributed by atoms with Crippen LogP contribution in [0.2, 0.25) is 0 Å². The van der Waals surface area contributed by atoms with Gasteiger partial charge in [-0.25, -0.2) is 4.79 Å². The lowest BCUT2D eigenvalue weighted by Gasteiger charge is -2.31. The van der Waals surface area contributed by atoms with Gasteiger partial charge in [-0.2, -0.15) is 0 Å². The lowest BCUT2D eigenvalue weighted by atomic mass is 9.89. The second-order valence-electron chi connectivity index (χ2n) is 4.98. The fourth-order valence-electron chi connectivity index (χ4n) is 2.72. The summed E-state index contributed by atoms with van der Waals surface area (Å²) in [5.41, 5.74) is 1.15. The molecule has 0 aromatic heterocycles. The van der Waals surface area contributed by atoms with E-state index in [2.05, 4.69) is 0 Å². The molecule has 2 heterocycles. The monoisotopic (exact) mass is 277 g/mol. The van der Waals surface area contributed by atoms with Crippen molar-refractivity contribution in [3.63, 3.8) is 0 Å². The highest BCUT2D eigenvalue weighted by molar-refractivity contribution is 6.31. The van der Waals surface area contributed by atoms with Gasteiger partial charge in [-0.1, -0.05) is 6.07 Å². The molecule has 3 rings (SSSR count). The molecule has 0 unspecified atom stereocenters. The number of carboxylic acid groups (broad SMARTS) is 1. The summed E-state index contributed by atoms with van der Waals surface area (Å²) in [6.45, 7) is 1.21. The number of nitrogens with zero attached hydrogens (tertiary/aromatic N) is 1. The van der Waals surface area contributed by atoms with Crippen molar-refractivity contribution in [2.24, 2.45) is 0 Å². The predicted octanol–water partition coefficient (Wildman–Crippen LogP) is 1.21. The molecule has 6 heteroatoms. The standard InChI is InChI=1S/C14H15NO5/c16-13(14(17)18)15-5-3-9(4-6-15)10-1-2-11-12(7-10)20-8-19-11/h1-2,7,9H,3-6,8H2,(H,17,18). The Morgan fingerprint density at radius 1 is 1.15 bits per heavy atom. The molecule has 0 spiro atoms. The number of carbonyl (C=O) groups is 2. The van der Waals surface area contributed by atoms with E-state index < -0.39 is 11.9 Å². The first-order valence-electron chi connectivity index (χ1n) is 6.57. The SMILES string of the molecule is O=C(O)C(=O)N1CCC(c2ccc3c(c2)OCO3)CC1. The van der Waals surface area contributed by atoms with Crippen LogP contribution in [0.4, 0.5) is 0 Å². The van der Waals surface area contributed by atoms with Crippen LogP contribution in [-0.4, -0.2) is 41.8 Å². The normalized spacial score (nSPS) is 18.1. The Hall–Kier alpha value is -2.24. The van der Waals surface area contributed by atoms with Crippen molar-refractivity contribution in [2.45, 2.75) is 18.8 Å². The molecule has 1 fully saturated rings. The lowest BCUT2D eigenvalue weighted by Crippen LogP contribution is -2.41. The Labute approximate surface area is 115 Å². The molecule has 2 aliphatic rings. The van der Waals surface area contributed by atoms with E-state index in [1.54, 1.807) is 0 Å². The van der Waals surface area contributed by atoms with Crippen LogP contribution in [0.1, 0.15) is 24.3 Å². The molecule has 1 amide bonds. The first-order valence-corrected chi connectivity index (χ1v) is 6.57. The third kappa shape index (κ3) is 2.29. The van der Waals surface area contributed by atoms with Crippen LogP contribution in [0.15, 0.2) is 18.2 Å². The zero-order valence-electron chi connectivity index (χ0n) is 10.9. The van der Waals surface area contributed by atoms with Gasteiger partial charge in [0.2, 0.25) is 6.79 Å². The minimum atomic E-state index is -1.38. The molecule has 0 saturated carbocycles. The van der Waals surface area contributed by atoms with Gasteiger partial charge in [0.1, 0.15) is 0 Å². The lowest BCUT2D eigenvalue weighted by molar-refractivity contribution is -0.156. The second-order valence-corrected chi connectivity index (χ2v) is 4.98. The summed E-state index contributed by atoms with van der Waals surface area (Å²) >= 11 is 0. The quantitative estimate of drug-likeness (QED) is 0.781. The molecule has 0 bridgehead atoms. The number of hydrogen-bond donors (Lipinski definition) is 1. The molecule has 20 heavy (non-hydrogen) atoms. The number of rotatable bonds is 1. The van der Waals surface area contributed by atoms with Crippen LogP contribution in [0.3, 0.4) is 0 Å². The molecule has 1 N–H and O–H groups in total. The Morgan fingerprint density at radius 2 is 1.85 bits per heavy atom. The summed E-state index contributed by atoms with van der Waals surface area (Å²) in [7, 11) is 0. The molecule has 0 aliphatic carbocycles. The smallest absolute Gasteiger partial charge is 0.394 e. The molecule has 0 radical (unpaired) electrons. The van der Waals surface area contributed by atoms with E-state index in [9.17, 15) is 9.59 Å². The Balaban J connectivity index is 1.66. The Bertz CT molecular complexity index is 548. The number of ether oxygens (including phenoxy) is 2. The third-order valence-electron chi connectivity index (χ3n) is 3.83. The van der Waals surface area contributed by atoms with Crippen molar-refractivity contribution < 1.29 is 24.2 Å². The van der Waals surface area contributed by atoms with E-state index >= 15 is 0 Å². The fourth-order valence-corrected chi connectivity index (χ4v) is 2.72. The van der Waals surface area contributed by atoms with Crippen LogP contribution in [0.25, 0.3) is 0 Å². The van der Waals surface area contributed by atoms with Gasteiger partial charge < -0.3 is 19.5 Å². The van der Waals surface area contributed by atoms with E-state index in [0.717, 1.165) is 29.9 Å². The van der Waals surface area contributed by atoms with Gasteiger partial charge >= 0.3 is 11.9 Å². The van der Waals surface area contributed by atoms with Crippen molar-refractivity contribution in [1.29, 1.82) is 0 Å². The van der Waals surface area contributed by atoms with Gasteiger partial charge in [0.15, 0.2) is 11.5 Å². The maximum Gasteiger partial charge on any atom is 0.394 e. The molecule has 1 aromatic rings. The zero-order chi connectivity index (χ0) is 14.1. The number of carbonyl (C=O) groups excluding carboxylic acids is 1. The Kier molecular flexibility index (Phi) is 3.22. The van der Waals surface area contributed by atoms with Crippen molar-refractivity contribution in [3.05, 3.63) is 23.8 Å². The van der Waals surface area contributed by atoms with Gasteiger partial charge in [-0.15, -0.1) is 0 Å². The molecular weight excluding hydrogens is 262 g/mol.